The minimum absolute atomic E-state index is 0.131. The van der Waals surface area contributed by atoms with Crippen LogP contribution < -0.4 is 5.32 Å². The molecule has 2 aromatic carbocycles. The van der Waals surface area contributed by atoms with E-state index in [1.807, 2.05) is 12.1 Å². The standard InChI is InChI=1S/C21H25ClN2O.C2H2O4/c1-16-2-4-17(5-3-16)14-23-21(25)19-10-12-24(13-11-19)15-18-6-8-20(22)9-7-18;3-1(4)2(5)6/h2-9,19H,10-15H2,1H3,(H,23,25);(H,3,4)(H,5,6). The van der Waals surface area contributed by atoms with E-state index in [1.54, 1.807) is 0 Å². The van der Waals surface area contributed by atoms with Gasteiger partial charge in [-0.15, -0.1) is 0 Å². The summed E-state index contributed by atoms with van der Waals surface area (Å²) >= 11 is 5.93. The molecule has 1 saturated heterocycles. The highest BCUT2D eigenvalue weighted by Gasteiger charge is 2.24. The van der Waals surface area contributed by atoms with Crippen molar-refractivity contribution in [1.29, 1.82) is 0 Å². The van der Waals surface area contributed by atoms with E-state index in [9.17, 15) is 4.79 Å². The van der Waals surface area contributed by atoms with Crippen molar-refractivity contribution in [3.63, 3.8) is 0 Å². The number of carbonyl (C=O) groups excluding carboxylic acids is 1. The minimum Gasteiger partial charge on any atom is -0.473 e. The van der Waals surface area contributed by atoms with E-state index in [0.29, 0.717) is 6.54 Å². The van der Waals surface area contributed by atoms with Crippen molar-refractivity contribution in [2.24, 2.45) is 5.92 Å². The Morgan fingerprint density at radius 2 is 1.45 bits per heavy atom. The Bertz CT molecular complexity index is 864. The third kappa shape index (κ3) is 8.78. The molecule has 0 saturated carbocycles. The predicted molar refractivity (Wildman–Crippen MR) is 118 cm³/mol. The van der Waals surface area contributed by atoms with Gasteiger partial charge in [0.1, 0.15) is 0 Å². The predicted octanol–water partition coefficient (Wildman–Crippen LogP) is 3.33. The van der Waals surface area contributed by atoms with Gasteiger partial charge in [-0.3, -0.25) is 9.69 Å². The van der Waals surface area contributed by atoms with Crippen molar-refractivity contribution < 1.29 is 24.6 Å². The van der Waals surface area contributed by atoms with Crippen LogP contribution >= 0.6 is 11.6 Å². The smallest absolute Gasteiger partial charge is 0.414 e. The van der Waals surface area contributed by atoms with Gasteiger partial charge in [-0.25, -0.2) is 9.59 Å². The fraction of sp³-hybridized carbons (Fsp3) is 0.348. The Balaban J connectivity index is 0.000000501. The van der Waals surface area contributed by atoms with E-state index >= 15 is 0 Å². The Kier molecular flexibility index (Phi) is 9.49. The van der Waals surface area contributed by atoms with Crippen LogP contribution in [0, 0.1) is 12.8 Å². The van der Waals surface area contributed by atoms with Crippen molar-refractivity contribution in [2.75, 3.05) is 13.1 Å². The third-order valence-electron chi connectivity index (χ3n) is 5.05. The quantitative estimate of drug-likeness (QED) is 0.608. The van der Waals surface area contributed by atoms with Crippen LogP contribution in [-0.4, -0.2) is 46.0 Å². The fourth-order valence-corrected chi connectivity index (χ4v) is 3.37. The lowest BCUT2D eigenvalue weighted by atomic mass is 9.95. The first-order valence-corrected chi connectivity index (χ1v) is 10.4. The molecule has 8 heteroatoms. The molecule has 2 aromatic rings. The van der Waals surface area contributed by atoms with Crippen LogP contribution in [0.25, 0.3) is 0 Å². The highest BCUT2D eigenvalue weighted by molar-refractivity contribution is 6.30. The van der Waals surface area contributed by atoms with Crippen LogP contribution in [0.15, 0.2) is 48.5 Å². The summed E-state index contributed by atoms with van der Waals surface area (Å²) in [6, 6.07) is 16.3. The van der Waals surface area contributed by atoms with Crippen LogP contribution in [0.2, 0.25) is 5.02 Å². The van der Waals surface area contributed by atoms with Gasteiger partial charge in [-0.05, 0) is 56.1 Å². The van der Waals surface area contributed by atoms with Crippen LogP contribution in [0.1, 0.15) is 29.5 Å². The summed E-state index contributed by atoms with van der Waals surface area (Å²) in [5.74, 6) is -3.33. The molecule has 0 unspecified atom stereocenters. The van der Waals surface area contributed by atoms with E-state index in [2.05, 4.69) is 53.5 Å². The van der Waals surface area contributed by atoms with Gasteiger partial charge in [-0.1, -0.05) is 53.6 Å². The van der Waals surface area contributed by atoms with Gasteiger partial charge in [0.15, 0.2) is 0 Å². The van der Waals surface area contributed by atoms with Gasteiger partial charge < -0.3 is 15.5 Å². The van der Waals surface area contributed by atoms with E-state index in [0.717, 1.165) is 43.1 Å². The second-order valence-corrected chi connectivity index (χ2v) is 7.93. The first kappa shape index (κ1) is 24.4. The SMILES string of the molecule is Cc1ccc(CNC(=O)C2CCN(Cc3ccc(Cl)cc3)CC2)cc1.O=C(O)C(=O)O. The summed E-state index contributed by atoms with van der Waals surface area (Å²) < 4.78 is 0. The number of carboxylic acid groups (broad SMARTS) is 2. The van der Waals surface area contributed by atoms with Gasteiger partial charge in [0.25, 0.3) is 0 Å². The molecule has 0 radical (unpaired) electrons. The number of rotatable bonds is 5. The van der Waals surface area contributed by atoms with E-state index < -0.39 is 11.9 Å². The summed E-state index contributed by atoms with van der Waals surface area (Å²) in [4.78, 5) is 33.0. The van der Waals surface area contributed by atoms with Crippen LogP contribution in [0.5, 0.6) is 0 Å². The first-order valence-electron chi connectivity index (χ1n) is 10.0. The van der Waals surface area contributed by atoms with Crippen molar-refractivity contribution in [3.8, 4) is 0 Å². The maximum absolute atomic E-state index is 12.4. The number of piperidine rings is 1. The number of aliphatic carboxylic acids is 2. The number of carboxylic acids is 2. The number of hydrogen-bond acceptors (Lipinski definition) is 4. The molecule has 1 amide bonds. The molecule has 0 spiro atoms. The highest BCUT2D eigenvalue weighted by Crippen LogP contribution is 2.20. The number of amides is 1. The minimum atomic E-state index is -1.82. The monoisotopic (exact) mass is 446 g/mol. The van der Waals surface area contributed by atoms with E-state index in [1.165, 1.54) is 11.1 Å². The molecule has 0 bridgehead atoms. The van der Waals surface area contributed by atoms with Gasteiger partial charge in [0, 0.05) is 24.0 Å². The van der Waals surface area contributed by atoms with E-state index in [4.69, 9.17) is 31.4 Å². The van der Waals surface area contributed by atoms with Gasteiger partial charge in [0.05, 0.1) is 0 Å². The molecule has 1 fully saturated rings. The molecule has 0 aliphatic carbocycles. The highest BCUT2D eigenvalue weighted by atomic mass is 35.5. The molecule has 0 atom stereocenters. The molecule has 7 nitrogen and oxygen atoms in total. The van der Waals surface area contributed by atoms with Gasteiger partial charge in [-0.2, -0.15) is 0 Å². The Hall–Kier alpha value is -2.90. The summed E-state index contributed by atoms with van der Waals surface area (Å²) in [5.41, 5.74) is 3.66. The van der Waals surface area contributed by atoms with Crippen LogP contribution in [0.4, 0.5) is 0 Å². The number of carbonyl (C=O) groups is 3. The topological polar surface area (TPSA) is 107 Å². The molecule has 1 aliphatic rings. The number of nitrogens with zero attached hydrogens (tertiary/aromatic N) is 1. The Labute approximate surface area is 186 Å². The fourth-order valence-electron chi connectivity index (χ4n) is 3.24. The Morgan fingerprint density at radius 3 is 1.97 bits per heavy atom. The van der Waals surface area contributed by atoms with Crippen molar-refractivity contribution in [3.05, 3.63) is 70.2 Å². The zero-order chi connectivity index (χ0) is 22.8. The average molecular weight is 447 g/mol. The Morgan fingerprint density at radius 1 is 0.935 bits per heavy atom. The zero-order valence-electron chi connectivity index (χ0n) is 17.4. The molecule has 3 rings (SSSR count). The number of halogens is 1. The lowest BCUT2D eigenvalue weighted by Gasteiger charge is -2.31. The number of aryl methyl sites for hydroxylation is 1. The number of nitrogens with one attached hydrogen (secondary N) is 1. The number of hydrogen-bond donors (Lipinski definition) is 3. The molecule has 3 N–H and O–H groups in total. The summed E-state index contributed by atoms with van der Waals surface area (Å²) in [5, 5.41) is 18.6. The lowest BCUT2D eigenvalue weighted by Crippen LogP contribution is -2.40. The molecule has 1 aliphatic heterocycles. The van der Waals surface area contributed by atoms with Crippen molar-refractivity contribution in [2.45, 2.75) is 32.9 Å². The molecular formula is C23H27ClN2O5. The number of likely N-dealkylation sites (tertiary alicyclic amines) is 1. The maximum Gasteiger partial charge on any atom is 0.414 e. The number of benzene rings is 2. The summed E-state index contributed by atoms with van der Waals surface area (Å²) in [7, 11) is 0. The largest absolute Gasteiger partial charge is 0.473 e. The zero-order valence-corrected chi connectivity index (χ0v) is 18.1. The average Bonchev–Trinajstić information content (AvgIpc) is 2.75. The van der Waals surface area contributed by atoms with Crippen LogP contribution in [0.3, 0.4) is 0 Å². The van der Waals surface area contributed by atoms with Crippen LogP contribution in [-0.2, 0) is 27.5 Å². The lowest BCUT2D eigenvalue weighted by molar-refractivity contribution is -0.159. The molecule has 31 heavy (non-hydrogen) atoms. The van der Waals surface area contributed by atoms with E-state index in [-0.39, 0.29) is 11.8 Å². The first-order chi connectivity index (χ1) is 14.7. The van der Waals surface area contributed by atoms with Gasteiger partial charge >= 0.3 is 11.9 Å². The molecule has 166 valence electrons. The van der Waals surface area contributed by atoms with Crippen molar-refractivity contribution in [1.82, 2.24) is 10.2 Å². The second-order valence-electron chi connectivity index (χ2n) is 7.49. The third-order valence-corrected chi connectivity index (χ3v) is 5.30. The summed E-state index contributed by atoms with van der Waals surface area (Å²) in [6.07, 6.45) is 1.85. The van der Waals surface area contributed by atoms with Crippen molar-refractivity contribution >= 4 is 29.4 Å². The second kappa shape index (κ2) is 12.1. The molecule has 0 aromatic heterocycles. The normalized spacial score (nSPS) is 14.3. The maximum atomic E-state index is 12.4. The molecule has 1 heterocycles. The summed E-state index contributed by atoms with van der Waals surface area (Å²) in [6.45, 7) is 5.54. The van der Waals surface area contributed by atoms with Gasteiger partial charge in [0.2, 0.25) is 5.91 Å². The molecular weight excluding hydrogens is 420 g/mol.